The molecule has 0 bridgehead atoms. The fourth-order valence-electron chi connectivity index (χ4n) is 12.5. The van der Waals surface area contributed by atoms with E-state index in [2.05, 4.69) is 69.0 Å². The van der Waals surface area contributed by atoms with E-state index < -0.39 is 35.3 Å². The lowest BCUT2D eigenvalue weighted by Gasteiger charge is -2.43. The predicted octanol–water partition coefficient (Wildman–Crippen LogP) is 6.79. The van der Waals surface area contributed by atoms with Crippen LogP contribution in [0.3, 0.4) is 0 Å². The average molecular weight is 883 g/mol. The van der Waals surface area contributed by atoms with Gasteiger partial charge >= 0.3 is 11.9 Å². The second-order valence-electron chi connectivity index (χ2n) is 20.1. The number of hydrogen-bond acceptors (Lipinski definition) is 10. The first-order chi connectivity index (χ1) is 31.1. The molecule has 6 atom stereocenters. The first kappa shape index (κ1) is 46.7. The molecule has 4 saturated carbocycles. The number of carbonyl (C=O) groups is 4. The molecule has 4 aliphatic carbocycles. The largest absolute Gasteiger partial charge is 0.451 e. The van der Waals surface area contributed by atoms with Gasteiger partial charge in [0.2, 0.25) is 11.8 Å². The van der Waals surface area contributed by atoms with Crippen molar-refractivity contribution in [3.63, 3.8) is 0 Å². The molecule has 2 heterocycles. The summed E-state index contributed by atoms with van der Waals surface area (Å²) in [6, 6.07) is 17.3. The average Bonchev–Trinajstić information content (AvgIpc) is 3.33. The van der Waals surface area contributed by atoms with Crippen molar-refractivity contribution in [2.75, 3.05) is 39.3 Å². The van der Waals surface area contributed by atoms with Crippen LogP contribution in [0.1, 0.15) is 163 Å². The summed E-state index contributed by atoms with van der Waals surface area (Å²) < 4.78 is 11.4. The van der Waals surface area contributed by atoms with Crippen LogP contribution in [0.4, 0.5) is 0 Å². The van der Waals surface area contributed by atoms with Crippen LogP contribution in [-0.4, -0.2) is 106 Å². The summed E-state index contributed by atoms with van der Waals surface area (Å²) >= 11 is 0. The number of hydrogen-bond donors (Lipinski definition) is 4. The zero-order valence-electron chi connectivity index (χ0n) is 38.1. The maximum Gasteiger partial charge on any atom is 0.417 e. The molecule has 2 aliphatic heterocycles. The fourth-order valence-corrected chi connectivity index (χ4v) is 12.5. The van der Waals surface area contributed by atoms with Crippen LogP contribution in [0.25, 0.3) is 0 Å². The number of nitrogens with one attached hydrogen (secondary N) is 2. The van der Waals surface area contributed by atoms with Gasteiger partial charge in [0.15, 0.2) is 0 Å². The summed E-state index contributed by atoms with van der Waals surface area (Å²) in [5, 5.41) is 30.2. The van der Waals surface area contributed by atoms with E-state index in [1.54, 1.807) is 0 Å². The molecule has 6 aliphatic rings. The summed E-state index contributed by atoms with van der Waals surface area (Å²) in [7, 11) is 0. The molecule has 4 N–H and O–H groups in total. The summed E-state index contributed by atoms with van der Waals surface area (Å²) in [4.78, 5) is 58.4. The summed E-state index contributed by atoms with van der Waals surface area (Å²) in [5.41, 5.74) is 2.53. The minimum absolute atomic E-state index is 0.0605. The predicted molar refractivity (Wildman–Crippen MR) is 244 cm³/mol. The highest BCUT2D eigenvalue weighted by Crippen LogP contribution is 2.44. The van der Waals surface area contributed by atoms with E-state index in [-0.39, 0.29) is 49.8 Å². The molecule has 6 unspecified atom stereocenters. The van der Waals surface area contributed by atoms with Gasteiger partial charge in [-0.15, -0.1) is 0 Å². The van der Waals surface area contributed by atoms with Crippen molar-refractivity contribution in [2.24, 2.45) is 11.8 Å². The smallest absolute Gasteiger partial charge is 0.417 e. The van der Waals surface area contributed by atoms with Gasteiger partial charge in [-0.25, -0.2) is 9.59 Å². The Bertz CT molecular complexity index is 1780. The Morgan fingerprint density at radius 1 is 0.547 bits per heavy atom. The summed E-state index contributed by atoms with van der Waals surface area (Å²) in [6.45, 7) is 2.40. The molecular formula is C52H74N4O8. The van der Waals surface area contributed by atoms with Crippen molar-refractivity contribution in [2.45, 2.75) is 177 Å². The highest BCUT2D eigenvalue weighted by Gasteiger charge is 2.46. The number of benzene rings is 2. The van der Waals surface area contributed by atoms with Gasteiger partial charge in [-0.3, -0.25) is 9.59 Å². The third-order valence-electron chi connectivity index (χ3n) is 16.0. The molecule has 12 nitrogen and oxygen atoms in total. The Balaban J connectivity index is 0.800. The zero-order chi connectivity index (χ0) is 44.5. The summed E-state index contributed by atoms with van der Waals surface area (Å²) in [5.74, 6) is -1.30. The van der Waals surface area contributed by atoms with Gasteiger partial charge < -0.3 is 40.1 Å². The van der Waals surface area contributed by atoms with Gasteiger partial charge in [0.05, 0.1) is 25.2 Å². The van der Waals surface area contributed by atoms with Gasteiger partial charge in [0, 0.05) is 13.1 Å². The lowest BCUT2D eigenvalue weighted by Crippen LogP contribution is -2.52. The number of fused-ring (bicyclic) bond motifs is 2. The Kier molecular flexibility index (Phi) is 15.8. The number of rotatable bonds is 14. The van der Waals surface area contributed by atoms with Crippen molar-refractivity contribution in [1.82, 2.24) is 20.4 Å². The van der Waals surface area contributed by atoms with Crippen molar-refractivity contribution in [3.8, 4) is 0 Å². The van der Waals surface area contributed by atoms with Crippen molar-refractivity contribution >= 4 is 23.8 Å². The van der Waals surface area contributed by atoms with Gasteiger partial charge in [-0.05, 0) is 137 Å². The van der Waals surface area contributed by atoms with E-state index in [4.69, 9.17) is 9.47 Å². The highest BCUT2D eigenvalue weighted by molar-refractivity contribution is 6.29. The molecule has 8 rings (SSSR count). The van der Waals surface area contributed by atoms with Crippen LogP contribution in [0.15, 0.2) is 48.5 Å². The normalized spacial score (nSPS) is 29.0. The first-order valence-electron chi connectivity index (χ1n) is 25.2. The van der Waals surface area contributed by atoms with E-state index in [1.165, 1.54) is 60.8 Å². The highest BCUT2D eigenvalue weighted by atomic mass is 16.6. The maximum absolute atomic E-state index is 13.8. The Labute approximate surface area is 380 Å². The number of nitrogens with zero attached hydrogens (tertiary/aromatic N) is 2. The number of esters is 2. The lowest BCUT2D eigenvalue weighted by molar-refractivity contribution is -0.195. The maximum atomic E-state index is 13.8. The van der Waals surface area contributed by atoms with E-state index in [1.807, 2.05) is 0 Å². The van der Waals surface area contributed by atoms with Gasteiger partial charge in [-0.1, -0.05) is 99.9 Å². The number of ether oxygens (including phenoxy) is 2. The van der Waals surface area contributed by atoms with Crippen molar-refractivity contribution < 1.29 is 38.9 Å². The Hall–Kier alpha value is -3.84. The third-order valence-corrected chi connectivity index (χ3v) is 16.0. The van der Waals surface area contributed by atoms with Crippen molar-refractivity contribution in [3.05, 3.63) is 70.8 Å². The second kappa shape index (κ2) is 21.6. The van der Waals surface area contributed by atoms with Crippen LogP contribution < -0.4 is 10.6 Å². The number of amides is 2. The Morgan fingerprint density at radius 3 is 1.36 bits per heavy atom. The minimum Gasteiger partial charge on any atom is -0.451 e. The molecule has 2 amide bonds. The zero-order valence-corrected chi connectivity index (χ0v) is 38.1. The number of carbonyl (C=O) groups excluding carboxylic acids is 4. The third kappa shape index (κ3) is 10.9. The van der Waals surface area contributed by atoms with Crippen LogP contribution in [-0.2, 0) is 41.5 Å². The van der Waals surface area contributed by atoms with Crippen LogP contribution in [0.5, 0.6) is 0 Å². The van der Waals surface area contributed by atoms with Crippen molar-refractivity contribution in [1.29, 1.82) is 0 Å². The first-order valence-corrected chi connectivity index (χ1v) is 25.2. The minimum atomic E-state index is -1.36. The molecule has 0 radical (unpaired) electrons. The summed E-state index contributed by atoms with van der Waals surface area (Å²) in [6.07, 6.45) is 16.9. The number of aliphatic hydroxyl groups is 2. The Morgan fingerprint density at radius 2 is 0.938 bits per heavy atom. The molecule has 0 aromatic heterocycles. The van der Waals surface area contributed by atoms with E-state index in [0.29, 0.717) is 63.7 Å². The molecule has 0 saturated heterocycles. The topological polar surface area (TPSA) is 158 Å². The van der Waals surface area contributed by atoms with Gasteiger partial charge in [0.1, 0.15) is 23.4 Å². The molecule has 0 spiro atoms. The molecule has 350 valence electrons. The van der Waals surface area contributed by atoms with Crippen LogP contribution >= 0.6 is 0 Å². The van der Waals surface area contributed by atoms with E-state index >= 15 is 0 Å². The molecular weight excluding hydrogens is 809 g/mol. The monoisotopic (exact) mass is 883 g/mol. The quantitative estimate of drug-likeness (QED) is 0.0905. The molecule has 12 heteroatoms. The lowest BCUT2D eigenvalue weighted by atomic mass is 9.77. The molecule has 2 aromatic carbocycles. The molecule has 2 aromatic rings. The fraction of sp³-hybridized carbons (Fsp3) is 0.692. The van der Waals surface area contributed by atoms with Gasteiger partial charge in [-0.2, -0.15) is 0 Å². The van der Waals surface area contributed by atoms with E-state index in [0.717, 1.165) is 64.2 Å². The van der Waals surface area contributed by atoms with Crippen LogP contribution in [0.2, 0.25) is 0 Å². The molecule has 64 heavy (non-hydrogen) atoms. The molecule has 4 fully saturated rings. The second-order valence-corrected chi connectivity index (χ2v) is 20.1. The standard InChI is InChI=1S/C52H74N4O8/c57-45(55-33-25-37-15-7-9-21-41(37)47(55)39-17-3-1-4-18-39)35-53-31-29-51(61)27-13-11-23-43(51)63-49(59)50(60)64-44-24-12-14-28-52(44,62)30-32-54-36-46(58)56-34-26-38-16-8-10-22-42(38)48(56)40-19-5-2-6-20-40/h7-10,15-16,21-22,39-40,43-44,47-48,53-54,61-62H,1-6,11-14,17-20,23-36H2. The SMILES string of the molecule is O=C(OC1CCCCC1(O)CCNCC(=O)N1CCc2ccccc2C1C1CCCCC1)C(=O)OC1CCCCC1(O)CCNCC(=O)N1CCc2ccccc2C1C1CCCCC1. The van der Waals surface area contributed by atoms with Gasteiger partial charge in [0.25, 0.3) is 0 Å². The van der Waals surface area contributed by atoms with E-state index in [9.17, 15) is 29.4 Å². The van der Waals surface area contributed by atoms with Crippen LogP contribution in [0, 0.1) is 11.8 Å².